The average molecular weight is 359 g/mol. The van der Waals surface area contributed by atoms with Gasteiger partial charge < -0.3 is 16.6 Å². The van der Waals surface area contributed by atoms with Crippen LogP contribution in [-0.2, 0) is 4.74 Å². The maximum atomic E-state index is 5.77. The average Bonchev–Trinajstić information content (AvgIpc) is 2.57. The lowest BCUT2D eigenvalue weighted by molar-refractivity contribution is -0.0121. The SMILES string of the molecule is CCCCCCCCCCCCCCCCCCOC(C)(C)CN.N. The van der Waals surface area contributed by atoms with Crippen LogP contribution in [0.15, 0.2) is 0 Å². The molecule has 0 aromatic carbocycles. The Bertz CT molecular complexity index is 244. The Morgan fingerprint density at radius 3 is 1.24 bits per heavy atom. The molecule has 5 N–H and O–H groups in total. The predicted molar refractivity (Wildman–Crippen MR) is 114 cm³/mol. The summed E-state index contributed by atoms with van der Waals surface area (Å²) >= 11 is 0. The molecule has 0 amide bonds. The van der Waals surface area contributed by atoms with Gasteiger partial charge in [-0.2, -0.15) is 0 Å². The Morgan fingerprint density at radius 1 is 0.600 bits per heavy atom. The molecule has 0 bridgehead atoms. The highest BCUT2D eigenvalue weighted by Crippen LogP contribution is 2.14. The molecule has 0 aliphatic rings. The van der Waals surface area contributed by atoms with Crippen LogP contribution in [0.2, 0.25) is 0 Å². The van der Waals surface area contributed by atoms with Gasteiger partial charge in [-0.15, -0.1) is 0 Å². The van der Waals surface area contributed by atoms with Crippen LogP contribution in [0.1, 0.15) is 124 Å². The molecule has 0 atom stereocenters. The van der Waals surface area contributed by atoms with Crippen LogP contribution in [0.25, 0.3) is 0 Å². The fourth-order valence-electron chi connectivity index (χ4n) is 3.06. The zero-order valence-corrected chi connectivity index (χ0v) is 17.9. The van der Waals surface area contributed by atoms with Crippen LogP contribution < -0.4 is 11.9 Å². The van der Waals surface area contributed by atoms with Gasteiger partial charge in [-0.25, -0.2) is 0 Å². The minimum atomic E-state index is -0.143. The van der Waals surface area contributed by atoms with Crippen LogP contribution >= 0.6 is 0 Å². The molecule has 0 rings (SSSR count). The highest BCUT2D eigenvalue weighted by atomic mass is 16.5. The summed E-state index contributed by atoms with van der Waals surface area (Å²) in [6.45, 7) is 7.89. The first kappa shape index (κ1) is 27.1. The van der Waals surface area contributed by atoms with Crippen LogP contribution in [0.5, 0.6) is 0 Å². The standard InChI is InChI=1S/C22H47NO.H3N/c1-4-5-6-7-8-9-10-11-12-13-14-15-16-17-18-19-20-24-22(2,3)21-23;/h4-21,23H2,1-3H3;1H3. The van der Waals surface area contributed by atoms with E-state index in [9.17, 15) is 0 Å². The van der Waals surface area contributed by atoms with Gasteiger partial charge in [0.15, 0.2) is 0 Å². The Hall–Kier alpha value is -0.120. The Kier molecular flexibility index (Phi) is 21.9. The number of hydrogen-bond donors (Lipinski definition) is 2. The molecule has 0 aromatic rings. The molecule has 0 fully saturated rings. The second-order valence-electron chi connectivity index (χ2n) is 8.12. The van der Waals surface area contributed by atoms with Gasteiger partial charge in [0.1, 0.15) is 0 Å². The molecular formula is C22H50N2O. The van der Waals surface area contributed by atoms with E-state index in [0.717, 1.165) is 6.61 Å². The van der Waals surface area contributed by atoms with Crippen LogP contribution in [0.3, 0.4) is 0 Å². The highest BCUT2D eigenvalue weighted by molar-refractivity contribution is 4.68. The van der Waals surface area contributed by atoms with Crippen molar-refractivity contribution in [2.75, 3.05) is 13.2 Å². The van der Waals surface area contributed by atoms with Crippen molar-refractivity contribution in [3.05, 3.63) is 0 Å². The lowest BCUT2D eigenvalue weighted by Crippen LogP contribution is -2.34. The molecule has 0 unspecified atom stereocenters. The maximum Gasteiger partial charge on any atom is 0.0748 e. The Morgan fingerprint density at radius 2 is 0.920 bits per heavy atom. The summed E-state index contributed by atoms with van der Waals surface area (Å²) in [5.41, 5.74) is 5.51. The van der Waals surface area contributed by atoms with Crippen molar-refractivity contribution >= 4 is 0 Å². The molecule has 0 spiro atoms. The van der Waals surface area contributed by atoms with Crippen molar-refractivity contribution in [3.8, 4) is 0 Å². The van der Waals surface area contributed by atoms with Crippen molar-refractivity contribution in [1.82, 2.24) is 6.15 Å². The summed E-state index contributed by atoms with van der Waals surface area (Å²) in [5.74, 6) is 0. The van der Waals surface area contributed by atoms with Crippen molar-refractivity contribution in [3.63, 3.8) is 0 Å². The lowest BCUT2D eigenvalue weighted by atomic mass is 10.0. The van der Waals surface area contributed by atoms with Crippen LogP contribution in [0, 0.1) is 0 Å². The normalized spacial score (nSPS) is 11.5. The van der Waals surface area contributed by atoms with E-state index >= 15 is 0 Å². The first-order valence-corrected chi connectivity index (χ1v) is 11.0. The number of hydrogen-bond acceptors (Lipinski definition) is 3. The molecule has 0 saturated heterocycles. The molecule has 0 saturated carbocycles. The molecule has 0 radical (unpaired) electrons. The third kappa shape index (κ3) is 21.8. The van der Waals surface area contributed by atoms with Crippen LogP contribution in [-0.4, -0.2) is 18.8 Å². The molecule has 154 valence electrons. The summed E-state index contributed by atoms with van der Waals surface area (Å²) in [4.78, 5) is 0. The van der Waals surface area contributed by atoms with Gasteiger partial charge in [0.05, 0.1) is 5.60 Å². The number of nitrogens with two attached hydrogens (primary N) is 1. The van der Waals surface area contributed by atoms with E-state index in [0.29, 0.717) is 6.54 Å². The predicted octanol–water partition coefficient (Wildman–Crippen LogP) is 7.16. The first-order chi connectivity index (χ1) is 11.6. The maximum absolute atomic E-state index is 5.77. The number of rotatable bonds is 19. The van der Waals surface area contributed by atoms with Crippen molar-refractivity contribution in [2.24, 2.45) is 5.73 Å². The molecule has 25 heavy (non-hydrogen) atoms. The summed E-state index contributed by atoms with van der Waals surface area (Å²) < 4.78 is 5.77. The Balaban J connectivity index is 0. The van der Waals surface area contributed by atoms with Gasteiger partial charge in [-0.05, 0) is 20.3 Å². The van der Waals surface area contributed by atoms with Crippen molar-refractivity contribution in [2.45, 2.75) is 129 Å². The molecule has 3 nitrogen and oxygen atoms in total. The number of ether oxygens (including phenoxy) is 1. The lowest BCUT2D eigenvalue weighted by Gasteiger charge is -2.23. The zero-order chi connectivity index (χ0) is 17.9. The first-order valence-electron chi connectivity index (χ1n) is 11.0. The van der Waals surface area contributed by atoms with Gasteiger partial charge in [0, 0.05) is 13.2 Å². The monoisotopic (exact) mass is 358 g/mol. The van der Waals surface area contributed by atoms with E-state index in [1.807, 2.05) is 0 Å². The van der Waals surface area contributed by atoms with Crippen molar-refractivity contribution in [1.29, 1.82) is 0 Å². The minimum Gasteiger partial charge on any atom is -0.374 e. The van der Waals surface area contributed by atoms with Crippen molar-refractivity contribution < 1.29 is 4.74 Å². The third-order valence-electron chi connectivity index (χ3n) is 4.98. The molecule has 0 aliphatic carbocycles. The van der Waals surface area contributed by atoms with E-state index in [1.165, 1.54) is 103 Å². The Labute approximate surface area is 159 Å². The van der Waals surface area contributed by atoms with Gasteiger partial charge >= 0.3 is 0 Å². The smallest absolute Gasteiger partial charge is 0.0748 e. The largest absolute Gasteiger partial charge is 0.374 e. The molecule has 3 heteroatoms. The minimum absolute atomic E-state index is 0. The molecule has 0 aliphatic heterocycles. The fourth-order valence-corrected chi connectivity index (χ4v) is 3.06. The quantitative estimate of drug-likeness (QED) is 0.240. The zero-order valence-electron chi connectivity index (χ0n) is 17.9. The molecule has 0 aromatic heterocycles. The molecule has 0 heterocycles. The molecular weight excluding hydrogens is 308 g/mol. The van der Waals surface area contributed by atoms with E-state index in [1.54, 1.807) is 0 Å². The topological polar surface area (TPSA) is 70.2 Å². The fraction of sp³-hybridized carbons (Fsp3) is 1.00. The van der Waals surface area contributed by atoms with E-state index in [2.05, 4.69) is 20.8 Å². The van der Waals surface area contributed by atoms with Gasteiger partial charge in [-0.3, -0.25) is 0 Å². The second kappa shape index (κ2) is 20.2. The third-order valence-corrected chi connectivity index (χ3v) is 4.98. The highest BCUT2D eigenvalue weighted by Gasteiger charge is 2.14. The summed E-state index contributed by atoms with van der Waals surface area (Å²) in [7, 11) is 0. The summed E-state index contributed by atoms with van der Waals surface area (Å²) in [6.07, 6.45) is 22.6. The van der Waals surface area contributed by atoms with E-state index in [-0.39, 0.29) is 11.8 Å². The van der Waals surface area contributed by atoms with E-state index < -0.39 is 0 Å². The second-order valence-corrected chi connectivity index (χ2v) is 8.12. The van der Waals surface area contributed by atoms with Crippen LogP contribution in [0.4, 0.5) is 0 Å². The number of unbranched alkanes of at least 4 members (excludes halogenated alkanes) is 15. The summed E-state index contributed by atoms with van der Waals surface area (Å²) in [6, 6.07) is 0. The van der Waals surface area contributed by atoms with Gasteiger partial charge in [0.25, 0.3) is 0 Å². The van der Waals surface area contributed by atoms with Gasteiger partial charge in [0.2, 0.25) is 0 Å². The van der Waals surface area contributed by atoms with Gasteiger partial charge in [-0.1, -0.05) is 103 Å². The summed E-state index contributed by atoms with van der Waals surface area (Å²) in [5, 5.41) is 0. The van der Waals surface area contributed by atoms with E-state index in [4.69, 9.17) is 10.5 Å².